The number of aromatic nitrogens is 1. The van der Waals surface area contributed by atoms with Crippen LogP contribution in [0.1, 0.15) is 37.3 Å². The molecule has 0 radical (unpaired) electrons. The molecule has 2 heterocycles. The number of nitrogens with zero attached hydrogens (tertiary/aromatic N) is 1. The first-order valence-corrected chi connectivity index (χ1v) is 7.48. The van der Waals surface area contributed by atoms with Gasteiger partial charge in [0.2, 0.25) is 0 Å². The van der Waals surface area contributed by atoms with Crippen molar-refractivity contribution in [2.24, 2.45) is 0 Å². The minimum absolute atomic E-state index is 0.270. The SMILES string of the molecule is c1ccc2nc(C3CCC4(CC3)OCCO4)ccc2c1. The fourth-order valence-electron chi connectivity index (χ4n) is 3.45. The van der Waals surface area contributed by atoms with Gasteiger partial charge in [-0.3, -0.25) is 4.98 Å². The van der Waals surface area contributed by atoms with Crippen LogP contribution in [0, 0.1) is 0 Å². The predicted molar refractivity (Wildman–Crippen MR) is 77.6 cm³/mol. The first-order chi connectivity index (χ1) is 9.85. The number of hydrogen-bond donors (Lipinski definition) is 0. The van der Waals surface area contributed by atoms with Gasteiger partial charge >= 0.3 is 0 Å². The highest BCUT2D eigenvalue weighted by Crippen LogP contribution is 2.41. The lowest BCUT2D eigenvalue weighted by Gasteiger charge is -2.35. The highest BCUT2D eigenvalue weighted by molar-refractivity contribution is 5.78. The van der Waals surface area contributed by atoms with Crippen LogP contribution in [0.2, 0.25) is 0 Å². The van der Waals surface area contributed by atoms with Crippen LogP contribution in [0.25, 0.3) is 10.9 Å². The average Bonchev–Trinajstić information content (AvgIpc) is 2.96. The summed E-state index contributed by atoms with van der Waals surface area (Å²) in [5.74, 6) is 0.269. The molecule has 1 aromatic heterocycles. The number of benzene rings is 1. The van der Waals surface area contributed by atoms with Crippen molar-refractivity contribution in [1.82, 2.24) is 4.98 Å². The van der Waals surface area contributed by atoms with Gasteiger partial charge in [-0.05, 0) is 25.0 Å². The van der Waals surface area contributed by atoms with Crippen LogP contribution in [-0.4, -0.2) is 24.0 Å². The van der Waals surface area contributed by atoms with Gasteiger partial charge in [-0.1, -0.05) is 24.3 Å². The van der Waals surface area contributed by atoms with Crippen LogP contribution in [0.15, 0.2) is 36.4 Å². The highest BCUT2D eigenvalue weighted by Gasteiger charge is 2.40. The van der Waals surface area contributed by atoms with Gasteiger partial charge in [0.05, 0.1) is 18.7 Å². The zero-order chi connectivity index (χ0) is 13.4. The molecule has 1 saturated carbocycles. The second-order valence-corrected chi connectivity index (χ2v) is 5.81. The Balaban J connectivity index is 1.55. The van der Waals surface area contributed by atoms with Gasteiger partial charge in [0.1, 0.15) is 0 Å². The van der Waals surface area contributed by atoms with Crippen LogP contribution >= 0.6 is 0 Å². The third kappa shape index (κ3) is 2.11. The predicted octanol–water partition coefficient (Wildman–Crippen LogP) is 3.64. The molecule has 0 atom stereocenters. The number of para-hydroxylation sites is 1. The molecule has 1 aliphatic heterocycles. The van der Waals surface area contributed by atoms with Crippen molar-refractivity contribution in [3.05, 3.63) is 42.1 Å². The van der Waals surface area contributed by atoms with Gasteiger partial charge in [0, 0.05) is 29.8 Å². The minimum atomic E-state index is -0.270. The summed E-state index contributed by atoms with van der Waals surface area (Å²) < 4.78 is 11.6. The maximum Gasteiger partial charge on any atom is 0.168 e. The smallest absolute Gasteiger partial charge is 0.168 e. The lowest BCUT2D eigenvalue weighted by Crippen LogP contribution is -2.34. The molecule has 0 unspecified atom stereocenters. The number of ether oxygens (including phenoxy) is 2. The fraction of sp³-hybridized carbons (Fsp3) is 0.471. The number of pyridine rings is 1. The third-order valence-electron chi connectivity index (χ3n) is 4.60. The topological polar surface area (TPSA) is 31.4 Å². The van der Waals surface area contributed by atoms with E-state index >= 15 is 0 Å². The maximum absolute atomic E-state index is 5.79. The Morgan fingerprint density at radius 1 is 0.950 bits per heavy atom. The molecular weight excluding hydrogens is 250 g/mol. The summed E-state index contributed by atoms with van der Waals surface area (Å²) in [6.07, 6.45) is 4.19. The van der Waals surface area contributed by atoms with Crippen LogP contribution in [0.3, 0.4) is 0 Å². The summed E-state index contributed by atoms with van der Waals surface area (Å²) >= 11 is 0. The molecular formula is C17H19NO2. The normalized spacial score (nSPS) is 22.6. The van der Waals surface area contributed by atoms with Crippen LogP contribution in [-0.2, 0) is 9.47 Å². The summed E-state index contributed by atoms with van der Waals surface area (Å²) in [6, 6.07) is 12.7. The maximum atomic E-state index is 5.79. The first kappa shape index (κ1) is 12.3. The Morgan fingerprint density at radius 3 is 2.50 bits per heavy atom. The summed E-state index contributed by atoms with van der Waals surface area (Å²) in [4.78, 5) is 4.83. The van der Waals surface area contributed by atoms with Gasteiger partial charge < -0.3 is 9.47 Å². The van der Waals surface area contributed by atoms with E-state index in [0.717, 1.165) is 44.4 Å². The van der Waals surface area contributed by atoms with E-state index in [1.807, 2.05) is 0 Å². The van der Waals surface area contributed by atoms with E-state index in [2.05, 4.69) is 36.4 Å². The van der Waals surface area contributed by atoms with Crippen molar-refractivity contribution in [3.8, 4) is 0 Å². The minimum Gasteiger partial charge on any atom is -0.348 e. The zero-order valence-electron chi connectivity index (χ0n) is 11.5. The highest BCUT2D eigenvalue weighted by atomic mass is 16.7. The van der Waals surface area contributed by atoms with Gasteiger partial charge in [-0.25, -0.2) is 0 Å². The summed E-state index contributed by atoms with van der Waals surface area (Å²) in [6.45, 7) is 1.50. The van der Waals surface area contributed by atoms with Crippen molar-refractivity contribution in [2.75, 3.05) is 13.2 Å². The zero-order valence-corrected chi connectivity index (χ0v) is 11.5. The molecule has 2 aliphatic rings. The van der Waals surface area contributed by atoms with E-state index in [1.54, 1.807) is 0 Å². The summed E-state index contributed by atoms with van der Waals surface area (Å²) in [7, 11) is 0. The molecule has 0 bridgehead atoms. The van der Waals surface area contributed by atoms with Crippen LogP contribution < -0.4 is 0 Å². The van der Waals surface area contributed by atoms with Crippen LogP contribution in [0.4, 0.5) is 0 Å². The largest absolute Gasteiger partial charge is 0.348 e. The van der Waals surface area contributed by atoms with E-state index < -0.39 is 0 Å². The Bertz CT molecular complexity index is 609. The number of fused-ring (bicyclic) bond motifs is 1. The van der Waals surface area contributed by atoms with E-state index in [1.165, 1.54) is 11.1 Å². The van der Waals surface area contributed by atoms with Gasteiger partial charge in [0.15, 0.2) is 5.79 Å². The molecule has 2 aromatic rings. The average molecular weight is 269 g/mol. The molecule has 1 spiro atoms. The molecule has 3 heteroatoms. The molecule has 20 heavy (non-hydrogen) atoms. The molecule has 104 valence electrons. The first-order valence-electron chi connectivity index (χ1n) is 7.48. The van der Waals surface area contributed by atoms with Crippen molar-refractivity contribution in [1.29, 1.82) is 0 Å². The number of rotatable bonds is 1. The summed E-state index contributed by atoms with van der Waals surface area (Å²) in [5, 5.41) is 1.21. The van der Waals surface area contributed by atoms with Gasteiger partial charge in [-0.2, -0.15) is 0 Å². The van der Waals surface area contributed by atoms with Crippen molar-refractivity contribution in [3.63, 3.8) is 0 Å². The molecule has 2 fully saturated rings. The van der Waals surface area contributed by atoms with Crippen molar-refractivity contribution < 1.29 is 9.47 Å². The van der Waals surface area contributed by atoms with E-state index in [-0.39, 0.29) is 5.79 Å². The Labute approximate surface area is 118 Å². The quantitative estimate of drug-likeness (QED) is 0.792. The Hall–Kier alpha value is -1.45. The van der Waals surface area contributed by atoms with Crippen molar-refractivity contribution in [2.45, 2.75) is 37.4 Å². The molecule has 4 rings (SSSR count). The Morgan fingerprint density at radius 2 is 1.70 bits per heavy atom. The standard InChI is InChI=1S/C17H19NO2/c1-2-4-15-13(3-1)5-6-16(18-15)14-7-9-17(10-8-14)19-11-12-20-17/h1-6,14H,7-12H2. The molecule has 1 saturated heterocycles. The molecule has 1 aromatic carbocycles. The summed E-state index contributed by atoms with van der Waals surface area (Å²) in [5.41, 5.74) is 2.32. The van der Waals surface area contributed by atoms with E-state index in [0.29, 0.717) is 5.92 Å². The number of hydrogen-bond acceptors (Lipinski definition) is 3. The Kier molecular flexibility index (Phi) is 2.97. The van der Waals surface area contributed by atoms with Crippen LogP contribution in [0.5, 0.6) is 0 Å². The second kappa shape index (κ2) is 4.83. The van der Waals surface area contributed by atoms with E-state index in [4.69, 9.17) is 14.5 Å². The van der Waals surface area contributed by atoms with Crippen molar-refractivity contribution >= 4 is 10.9 Å². The third-order valence-corrected chi connectivity index (χ3v) is 4.60. The van der Waals surface area contributed by atoms with E-state index in [9.17, 15) is 0 Å². The lowest BCUT2D eigenvalue weighted by atomic mass is 9.83. The monoisotopic (exact) mass is 269 g/mol. The molecule has 0 N–H and O–H groups in total. The lowest BCUT2D eigenvalue weighted by molar-refractivity contribution is -0.178. The van der Waals surface area contributed by atoms with Gasteiger partial charge in [0.25, 0.3) is 0 Å². The fourth-order valence-corrected chi connectivity index (χ4v) is 3.45. The molecule has 3 nitrogen and oxygen atoms in total. The second-order valence-electron chi connectivity index (χ2n) is 5.81. The molecule has 0 amide bonds. The van der Waals surface area contributed by atoms with Gasteiger partial charge in [-0.15, -0.1) is 0 Å². The molecule has 1 aliphatic carbocycles.